The van der Waals surface area contributed by atoms with Gasteiger partial charge in [-0.3, -0.25) is 8.80 Å². The van der Waals surface area contributed by atoms with Crippen LogP contribution in [0.2, 0.25) is 0 Å². The molecule has 0 saturated heterocycles. The predicted octanol–water partition coefficient (Wildman–Crippen LogP) is 10.7. The molecule has 0 aliphatic heterocycles. The van der Waals surface area contributed by atoms with Gasteiger partial charge in [-0.1, -0.05) is 72.8 Å². The average Bonchev–Trinajstić information content (AvgIpc) is 3.76. The zero-order valence-electron chi connectivity index (χ0n) is 26.5. The molecule has 0 aliphatic rings. The lowest BCUT2D eigenvalue weighted by atomic mass is 9.97. The molecule has 230 valence electrons. The fraction of sp³-hybridized carbons (Fsp3) is 0. The van der Waals surface area contributed by atoms with E-state index < -0.39 is 0 Å². The summed E-state index contributed by atoms with van der Waals surface area (Å²) < 4.78 is 4.54. The van der Waals surface area contributed by atoms with Gasteiger partial charge < -0.3 is 0 Å². The first-order valence-electron chi connectivity index (χ1n) is 16.8. The second-order valence-electron chi connectivity index (χ2n) is 13.1. The highest BCUT2D eigenvalue weighted by Crippen LogP contribution is 2.38. The Morgan fingerprint density at radius 3 is 1.22 bits per heavy atom. The van der Waals surface area contributed by atoms with Crippen molar-refractivity contribution in [1.29, 1.82) is 0 Å². The lowest BCUT2D eigenvalue weighted by Crippen LogP contribution is -1.95. The van der Waals surface area contributed by atoms with Crippen molar-refractivity contribution in [3.63, 3.8) is 0 Å². The van der Waals surface area contributed by atoms with E-state index in [-0.39, 0.29) is 0 Å². The summed E-state index contributed by atoms with van der Waals surface area (Å²) in [5.74, 6) is 0. The van der Waals surface area contributed by atoms with Gasteiger partial charge in [0.05, 0.1) is 44.1 Å². The molecule has 50 heavy (non-hydrogen) atoms. The SMILES string of the molecule is c1ccc2nc3c(cc2c1)c1cc(-c2ccc4c(c2)c2cc5ccccc5nc2c2nc5ccccc5n42)ccc1n1c2ccccc2nc31. The maximum atomic E-state index is 5.20. The summed E-state index contributed by atoms with van der Waals surface area (Å²) in [6.45, 7) is 0. The van der Waals surface area contributed by atoms with Gasteiger partial charge in [0.1, 0.15) is 11.0 Å². The van der Waals surface area contributed by atoms with Gasteiger partial charge in [-0.15, -0.1) is 0 Å². The number of para-hydroxylation sites is 6. The Hall–Kier alpha value is -6.92. The Balaban J connectivity index is 1.20. The maximum Gasteiger partial charge on any atom is 0.165 e. The minimum atomic E-state index is 0.876. The Labute approximate surface area is 283 Å². The van der Waals surface area contributed by atoms with E-state index in [0.717, 1.165) is 110 Å². The number of benzene rings is 6. The fourth-order valence-electron chi connectivity index (χ4n) is 8.09. The molecule has 12 aromatic rings. The van der Waals surface area contributed by atoms with Crippen molar-refractivity contribution in [1.82, 2.24) is 28.7 Å². The van der Waals surface area contributed by atoms with Crippen LogP contribution in [0.25, 0.3) is 110 Å². The third-order valence-electron chi connectivity index (χ3n) is 10.4. The topological polar surface area (TPSA) is 60.4 Å². The van der Waals surface area contributed by atoms with Crippen LogP contribution in [-0.4, -0.2) is 28.7 Å². The van der Waals surface area contributed by atoms with Crippen LogP contribution in [-0.2, 0) is 0 Å². The Bertz CT molecular complexity index is 3210. The van der Waals surface area contributed by atoms with Crippen LogP contribution < -0.4 is 0 Å². The first kappa shape index (κ1) is 26.1. The molecule has 0 spiro atoms. The molecule has 6 heteroatoms. The molecule has 6 aromatic heterocycles. The predicted molar refractivity (Wildman–Crippen MR) is 205 cm³/mol. The van der Waals surface area contributed by atoms with Gasteiger partial charge >= 0.3 is 0 Å². The zero-order chi connectivity index (χ0) is 32.5. The fourth-order valence-corrected chi connectivity index (χ4v) is 8.09. The summed E-state index contributed by atoms with van der Waals surface area (Å²) in [7, 11) is 0. The zero-order valence-corrected chi connectivity index (χ0v) is 26.5. The normalized spacial score (nSPS) is 12.4. The van der Waals surface area contributed by atoms with Crippen molar-refractivity contribution < 1.29 is 0 Å². The summed E-state index contributed by atoms with van der Waals surface area (Å²) in [6.07, 6.45) is 0. The first-order chi connectivity index (χ1) is 24.8. The molecule has 0 unspecified atom stereocenters. The number of rotatable bonds is 1. The second kappa shape index (κ2) is 9.36. The Morgan fingerprint density at radius 1 is 0.320 bits per heavy atom. The lowest BCUT2D eigenvalue weighted by Gasteiger charge is -2.13. The van der Waals surface area contributed by atoms with Gasteiger partial charge in [-0.2, -0.15) is 0 Å². The van der Waals surface area contributed by atoms with Crippen LogP contribution in [0.15, 0.2) is 146 Å². The molecule has 12 rings (SSSR count). The van der Waals surface area contributed by atoms with Gasteiger partial charge in [-0.05, 0) is 83.9 Å². The van der Waals surface area contributed by atoms with Gasteiger partial charge in [0, 0.05) is 32.3 Å². The van der Waals surface area contributed by atoms with Gasteiger partial charge in [0.2, 0.25) is 0 Å². The molecule has 6 nitrogen and oxygen atoms in total. The van der Waals surface area contributed by atoms with Crippen molar-refractivity contribution >= 4 is 98.8 Å². The van der Waals surface area contributed by atoms with Gasteiger partial charge in [-0.25, -0.2) is 19.9 Å². The summed E-state index contributed by atoms with van der Waals surface area (Å²) in [6, 6.07) is 51.5. The highest BCUT2D eigenvalue weighted by molar-refractivity contribution is 6.17. The second-order valence-corrected chi connectivity index (χ2v) is 13.1. The monoisotopic (exact) mass is 636 g/mol. The highest BCUT2D eigenvalue weighted by Gasteiger charge is 2.19. The third kappa shape index (κ3) is 3.41. The van der Waals surface area contributed by atoms with Crippen LogP contribution in [0.3, 0.4) is 0 Å². The van der Waals surface area contributed by atoms with Crippen LogP contribution >= 0.6 is 0 Å². The summed E-state index contributed by atoms with van der Waals surface area (Å²) in [5, 5.41) is 6.69. The van der Waals surface area contributed by atoms with Crippen molar-refractivity contribution in [2.45, 2.75) is 0 Å². The van der Waals surface area contributed by atoms with E-state index in [0.29, 0.717) is 0 Å². The van der Waals surface area contributed by atoms with Gasteiger partial charge in [0.15, 0.2) is 11.3 Å². The molecule has 0 saturated carbocycles. The molecule has 6 heterocycles. The first-order valence-corrected chi connectivity index (χ1v) is 16.8. The van der Waals surface area contributed by atoms with E-state index >= 15 is 0 Å². The van der Waals surface area contributed by atoms with E-state index in [9.17, 15) is 0 Å². The number of aromatic nitrogens is 6. The van der Waals surface area contributed by atoms with Crippen LogP contribution in [0.5, 0.6) is 0 Å². The Morgan fingerprint density at radius 2 is 0.740 bits per heavy atom. The average molecular weight is 637 g/mol. The number of pyridine rings is 4. The highest BCUT2D eigenvalue weighted by atomic mass is 15.0. The van der Waals surface area contributed by atoms with E-state index in [1.807, 2.05) is 24.3 Å². The lowest BCUT2D eigenvalue weighted by molar-refractivity contribution is 1.30. The molecule has 0 radical (unpaired) electrons. The van der Waals surface area contributed by atoms with Crippen molar-refractivity contribution in [3.8, 4) is 11.1 Å². The molecule has 6 aromatic carbocycles. The minimum absolute atomic E-state index is 0.876. The summed E-state index contributed by atoms with van der Waals surface area (Å²) >= 11 is 0. The molecular formula is C44H24N6. The van der Waals surface area contributed by atoms with Crippen LogP contribution in [0, 0.1) is 0 Å². The van der Waals surface area contributed by atoms with E-state index in [2.05, 4.69) is 130 Å². The van der Waals surface area contributed by atoms with Crippen molar-refractivity contribution in [2.24, 2.45) is 0 Å². The molecule has 0 atom stereocenters. The molecule has 0 fully saturated rings. The van der Waals surface area contributed by atoms with Crippen LogP contribution in [0.1, 0.15) is 0 Å². The minimum Gasteiger partial charge on any atom is -0.290 e. The van der Waals surface area contributed by atoms with E-state index in [1.165, 1.54) is 0 Å². The van der Waals surface area contributed by atoms with Gasteiger partial charge in [0.25, 0.3) is 0 Å². The number of nitrogens with zero attached hydrogens (tertiary/aromatic N) is 6. The molecule has 0 bridgehead atoms. The molecule has 0 amide bonds. The number of hydrogen-bond donors (Lipinski definition) is 0. The molecule has 0 aliphatic carbocycles. The largest absolute Gasteiger partial charge is 0.290 e. The summed E-state index contributed by atoms with van der Waals surface area (Å²) in [4.78, 5) is 20.6. The Kier molecular flexibility index (Phi) is 4.89. The molecule has 0 N–H and O–H groups in total. The number of fused-ring (bicyclic) bond motifs is 18. The maximum absolute atomic E-state index is 5.20. The smallest absolute Gasteiger partial charge is 0.165 e. The van der Waals surface area contributed by atoms with Crippen LogP contribution in [0.4, 0.5) is 0 Å². The number of imidazole rings is 2. The standard InChI is InChI=1S/C44H24N6/c1-3-11-33-27(9-1)23-31-29-21-25(17-19-37(29)49-39-15-7-5-13-35(39)47-43(49)41(31)45-33)26-18-20-38-30(22-26)32-24-28-10-2-4-12-34(28)46-42(32)44-48-36-14-6-8-16-40(36)50(38)44/h1-24H. The molecular weight excluding hydrogens is 613 g/mol. The van der Waals surface area contributed by atoms with Crippen molar-refractivity contribution in [2.75, 3.05) is 0 Å². The third-order valence-corrected chi connectivity index (χ3v) is 10.4. The van der Waals surface area contributed by atoms with E-state index in [4.69, 9.17) is 19.9 Å². The quantitative estimate of drug-likeness (QED) is 0.133. The van der Waals surface area contributed by atoms with E-state index in [1.54, 1.807) is 0 Å². The number of hydrogen-bond acceptors (Lipinski definition) is 4. The summed E-state index contributed by atoms with van der Waals surface area (Å²) in [5.41, 5.74) is 14.0. The van der Waals surface area contributed by atoms with Crippen molar-refractivity contribution in [3.05, 3.63) is 146 Å².